The van der Waals surface area contributed by atoms with Gasteiger partial charge in [0.15, 0.2) is 0 Å². The van der Waals surface area contributed by atoms with E-state index in [1.54, 1.807) is 13.2 Å². The first-order chi connectivity index (χ1) is 9.21. The Morgan fingerprint density at radius 1 is 1.26 bits per heavy atom. The molecule has 0 radical (unpaired) electrons. The van der Waals surface area contributed by atoms with Gasteiger partial charge in [0.05, 0.1) is 20.8 Å². The topological polar surface area (TPSA) is 76.5 Å². The van der Waals surface area contributed by atoms with Crippen LogP contribution in [0.3, 0.4) is 0 Å². The average Bonchev–Trinajstić information content (AvgIpc) is 2.94. The van der Waals surface area contributed by atoms with E-state index in [1.165, 1.54) is 20.0 Å². The van der Waals surface area contributed by atoms with Crippen LogP contribution in [0, 0.1) is 5.41 Å². The number of methoxy groups -OCH3 is 2. The molecule has 1 aliphatic rings. The summed E-state index contributed by atoms with van der Waals surface area (Å²) in [4.78, 5) is 8.26. The van der Waals surface area contributed by atoms with Crippen LogP contribution in [0.4, 0.5) is 5.82 Å². The number of rotatable bonds is 6. The van der Waals surface area contributed by atoms with E-state index in [2.05, 4.69) is 15.3 Å². The first-order valence-electron chi connectivity index (χ1n) is 6.53. The van der Waals surface area contributed by atoms with E-state index in [-0.39, 0.29) is 18.0 Å². The number of ether oxygens (including phenoxy) is 2. The van der Waals surface area contributed by atoms with E-state index in [0.29, 0.717) is 18.2 Å². The third-order valence-corrected chi connectivity index (χ3v) is 3.72. The molecule has 19 heavy (non-hydrogen) atoms. The fourth-order valence-electron chi connectivity index (χ4n) is 2.48. The Morgan fingerprint density at radius 2 is 2.00 bits per heavy atom. The van der Waals surface area contributed by atoms with E-state index < -0.39 is 0 Å². The summed E-state index contributed by atoms with van der Waals surface area (Å²) in [5.41, 5.74) is -0.0224. The van der Waals surface area contributed by atoms with E-state index in [1.807, 2.05) is 0 Å². The Hall–Kier alpha value is -1.56. The number of hydrogen-bond donors (Lipinski definition) is 2. The van der Waals surface area contributed by atoms with Gasteiger partial charge in [0.25, 0.3) is 0 Å². The lowest BCUT2D eigenvalue weighted by atomic mass is 9.87. The highest BCUT2D eigenvalue weighted by Gasteiger charge is 2.33. The SMILES string of the molecule is COc1cc(NCC2(CO)CCCC2)nc(OC)n1. The van der Waals surface area contributed by atoms with Crippen LogP contribution in [0.15, 0.2) is 6.07 Å². The lowest BCUT2D eigenvalue weighted by Crippen LogP contribution is -2.30. The summed E-state index contributed by atoms with van der Waals surface area (Å²) in [6, 6.07) is 1.99. The Bertz CT molecular complexity index is 397. The van der Waals surface area contributed by atoms with Crippen molar-refractivity contribution in [1.82, 2.24) is 9.97 Å². The van der Waals surface area contributed by atoms with Gasteiger partial charge in [-0.15, -0.1) is 0 Å². The molecule has 1 aromatic rings. The smallest absolute Gasteiger partial charge is 0.321 e. The summed E-state index contributed by atoms with van der Waals surface area (Å²) in [6.45, 7) is 0.909. The van der Waals surface area contributed by atoms with Crippen molar-refractivity contribution in [2.24, 2.45) is 5.41 Å². The molecule has 0 bridgehead atoms. The van der Waals surface area contributed by atoms with Crippen molar-refractivity contribution in [3.63, 3.8) is 0 Å². The maximum Gasteiger partial charge on any atom is 0.321 e. The van der Waals surface area contributed by atoms with Gasteiger partial charge in [0.2, 0.25) is 5.88 Å². The van der Waals surface area contributed by atoms with Crippen LogP contribution in [-0.4, -0.2) is 42.4 Å². The van der Waals surface area contributed by atoms with Crippen molar-refractivity contribution in [1.29, 1.82) is 0 Å². The van der Waals surface area contributed by atoms with Crippen molar-refractivity contribution in [3.05, 3.63) is 6.07 Å². The van der Waals surface area contributed by atoms with E-state index in [0.717, 1.165) is 12.8 Å². The molecule has 0 aromatic carbocycles. The van der Waals surface area contributed by atoms with Gasteiger partial charge in [-0.1, -0.05) is 12.8 Å². The van der Waals surface area contributed by atoms with Gasteiger partial charge in [-0.25, -0.2) is 0 Å². The largest absolute Gasteiger partial charge is 0.481 e. The first kappa shape index (κ1) is 13.9. The van der Waals surface area contributed by atoms with Crippen molar-refractivity contribution < 1.29 is 14.6 Å². The van der Waals surface area contributed by atoms with Gasteiger partial charge < -0.3 is 19.9 Å². The normalized spacial score (nSPS) is 17.2. The van der Waals surface area contributed by atoms with Crippen molar-refractivity contribution in [2.75, 3.05) is 32.7 Å². The van der Waals surface area contributed by atoms with Gasteiger partial charge in [-0.3, -0.25) is 0 Å². The molecule has 106 valence electrons. The van der Waals surface area contributed by atoms with Crippen molar-refractivity contribution >= 4 is 5.82 Å². The molecule has 0 atom stereocenters. The van der Waals surface area contributed by atoms with Crippen molar-refractivity contribution in [2.45, 2.75) is 25.7 Å². The van der Waals surface area contributed by atoms with Crippen LogP contribution in [0.5, 0.6) is 11.9 Å². The van der Waals surface area contributed by atoms with Gasteiger partial charge in [0, 0.05) is 18.0 Å². The maximum atomic E-state index is 9.57. The Morgan fingerprint density at radius 3 is 2.58 bits per heavy atom. The quantitative estimate of drug-likeness (QED) is 0.812. The number of aromatic nitrogens is 2. The van der Waals surface area contributed by atoms with Gasteiger partial charge in [-0.05, 0) is 12.8 Å². The molecule has 0 saturated heterocycles. The number of nitrogens with zero attached hydrogens (tertiary/aromatic N) is 2. The Kier molecular flexibility index (Phi) is 4.42. The molecule has 2 N–H and O–H groups in total. The molecule has 0 aliphatic heterocycles. The van der Waals surface area contributed by atoms with Gasteiger partial charge in [-0.2, -0.15) is 9.97 Å². The summed E-state index contributed by atoms with van der Waals surface area (Å²) in [6.07, 6.45) is 4.46. The molecule has 6 heteroatoms. The lowest BCUT2D eigenvalue weighted by Gasteiger charge is -2.26. The molecule has 1 heterocycles. The lowest BCUT2D eigenvalue weighted by molar-refractivity contribution is 0.142. The zero-order valence-electron chi connectivity index (χ0n) is 11.5. The van der Waals surface area contributed by atoms with E-state index >= 15 is 0 Å². The summed E-state index contributed by atoms with van der Waals surface area (Å²) >= 11 is 0. The number of aliphatic hydroxyl groups is 1. The third-order valence-electron chi connectivity index (χ3n) is 3.72. The zero-order valence-corrected chi connectivity index (χ0v) is 11.5. The minimum Gasteiger partial charge on any atom is -0.481 e. The molecule has 2 rings (SSSR count). The third kappa shape index (κ3) is 3.26. The average molecular weight is 267 g/mol. The minimum atomic E-state index is -0.0224. The van der Waals surface area contributed by atoms with E-state index in [4.69, 9.17) is 9.47 Å². The minimum absolute atomic E-state index is 0.0224. The summed E-state index contributed by atoms with van der Waals surface area (Å²) in [5, 5.41) is 12.8. The maximum absolute atomic E-state index is 9.57. The molecule has 1 aliphatic carbocycles. The number of hydrogen-bond acceptors (Lipinski definition) is 6. The molecule has 6 nitrogen and oxygen atoms in total. The molecule has 1 fully saturated rings. The summed E-state index contributed by atoms with van der Waals surface area (Å²) in [7, 11) is 3.07. The highest BCUT2D eigenvalue weighted by molar-refractivity contribution is 5.39. The monoisotopic (exact) mass is 267 g/mol. The van der Waals surface area contributed by atoms with Crippen molar-refractivity contribution in [3.8, 4) is 11.9 Å². The molecular weight excluding hydrogens is 246 g/mol. The van der Waals surface area contributed by atoms with Crippen LogP contribution < -0.4 is 14.8 Å². The number of nitrogens with one attached hydrogen (secondary N) is 1. The standard InChI is InChI=1S/C13H21N3O3/c1-18-11-7-10(15-12(16-11)19-2)14-8-13(9-17)5-3-4-6-13/h7,17H,3-6,8-9H2,1-2H3,(H,14,15,16). The van der Waals surface area contributed by atoms with E-state index in [9.17, 15) is 5.11 Å². The summed E-state index contributed by atoms with van der Waals surface area (Å²) in [5.74, 6) is 1.11. The zero-order chi connectivity index (χ0) is 13.7. The molecule has 0 amide bonds. The van der Waals surface area contributed by atoms with Crippen LogP contribution in [0.2, 0.25) is 0 Å². The van der Waals surface area contributed by atoms with Gasteiger partial charge in [0.1, 0.15) is 5.82 Å². The molecule has 1 saturated carbocycles. The highest BCUT2D eigenvalue weighted by Crippen LogP contribution is 2.37. The molecule has 0 spiro atoms. The van der Waals surface area contributed by atoms with Crippen LogP contribution in [-0.2, 0) is 0 Å². The summed E-state index contributed by atoms with van der Waals surface area (Å²) < 4.78 is 10.1. The fraction of sp³-hybridized carbons (Fsp3) is 0.692. The second-order valence-electron chi connectivity index (χ2n) is 5.00. The molecule has 0 unspecified atom stereocenters. The second-order valence-corrected chi connectivity index (χ2v) is 5.00. The fourth-order valence-corrected chi connectivity index (χ4v) is 2.48. The van der Waals surface area contributed by atoms with Gasteiger partial charge >= 0.3 is 6.01 Å². The molecular formula is C13H21N3O3. The van der Waals surface area contributed by atoms with Crippen LogP contribution in [0.1, 0.15) is 25.7 Å². The van der Waals surface area contributed by atoms with Crippen LogP contribution >= 0.6 is 0 Å². The predicted octanol–water partition coefficient (Wildman–Crippen LogP) is 1.46. The number of aliphatic hydroxyl groups excluding tert-OH is 1. The Balaban J connectivity index is 2.06. The second kappa shape index (κ2) is 6.06. The highest BCUT2D eigenvalue weighted by atomic mass is 16.5. The predicted molar refractivity (Wildman–Crippen MR) is 71.6 cm³/mol. The number of anilines is 1. The van der Waals surface area contributed by atoms with Crippen LogP contribution in [0.25, 0.3) is 0 Å². The Labute approximate surface area is 113 Å². The first-order valence-corrected chi connectivity index (χ1v) is 6.53. The molecule has 1 aromatic heterocycles.